The van der Waals surface area contributed by atoms with Gasteiger partial charge < -0.3 is 19.8 Å². The maximum atomic E-state index is 11.5. The van der Waals surface area contributed by atoms with Crippen molar-refractivity contribution in [3.05, 3.63) is 12.2 Å². The summed E-state index contributed by atoms with van der Waals surface area (Å²) < 4.78 is 0.603. The van der Waals surface area contributed by atoms with Crippen LogP contribution < -0.4 is 0 Å². The van der Waals surface area contributed by atoms with Crippen molar-refractivity contribution >= 4 is 17.9 Å². The van der Waals surface area contributed by atoms with E-state index in [4.69, 9.17) is 0 Å². The van der Waals surface area contributed by atoms with E-state index in [0.29, 0.717) is 43.4 Å². The smallest absolute Gasteiger partial charge is 0.306 e. The summed E-state index contributed by atoms with van der Waals surface area (Å²) in [4.78, 5) is 34.5. The second-order valence-electron chi connectivity index (χ2n) is 13.7. The third-order valence-corrected chi connectivity index (χ3v) is 9.52. The number of unbranched alkanes of at least 4 members (excludes halogenated alkanes) is 16. The molecule has 258 valence electrons. The van der Waals surface area contributed by atoms with Gasteiger partial charge in [-0.3, -0.25) is 14.4 Å². The summed E-state index contributed by atoms with van der Waals surface area (Å²) in [7, 11) is 0. The van der Waals surface area contributed by atoms with E-state index in [1.54, 1.807) is 20.8 Å². The van der Waals surface area contributed by atoms with Crippen molar-refractivity contribution in [3.8, 4) is 0 Å². The number of quaternary nitrogens is 1. The lowest BCUT2D eigenvalue weighted by molar-refractivity contribution is -0.929. The highest BCUT2D eigenvalue weighted by Crippen LogP contribution is 2.22. The fourth-order valence-electron chi connectivity index (χ4n) is 5.85. The molecule has 0 aliphatic heterocycles. The quantitative estimate of drug-likeness (QED) is 0.0390. The second-order valence-corrected chi connectivity index (χ2v) is 13.7. The standard InChI is InChI=1S/C37H69NO6/c1-5-6-7-8-9-10-11-12-13-14-15-16-17-18-19-20-21-22-23-24-28-38(29-25-32(2)35(39)40,30-26-33(3)36(41)42)31-27-34(4)37(43)44/h18-19,32-34H,5-17,20-31H2,1-4H3,(H2-,39,40,41,42,43,44)/p+1/b19-18+. The summed E-state index contributed by atoms with van der Waals surface area (Å²) in [5, 5.41) is 28.3. The number of nitrogens with zero attached hydrogens (tertiary/aromatic N) is 1. The summed E-state index contributed by atoms with van der Waals surface area (Å²) in [6, 6.07) is 0. The Labute approximate surface area is 270 Å². The largest absolute Gasteiger partial charge is 0.481 e. The van der Waals surface area contributed by atoms with Crippen LogP contribution in [-0.2, 0) is 14.4 Å². The molecule has 0 aromatic carbocycles. The van der Waals surface area contributed by atoms with Crippen molar-refractivity contribution in [1.29, 1.82) is 0 Å². The first-order valence-corrected chi connectivity index (χ1v) is 18.2. The molecular weight excluding hydrogens is 554 g/mol. The molecule has 3 atom stereocenters. The van der Waals surface area contributed by atoms with E-state index < -0.39 is 35.7 Å². The second kappa shape index (κ2) is 27.4. The molecule has 0 aromatic heterocycles. The molecule has 3 N–H and O–H groups in total. The van der Waals surface area contributed by atoms with Crippen LogP contribution >= 0.6 is 0 Å². The van der Waals surface area contributed by atoms with Crippen LogP contribution in [0.15, 0.2) is 12.2 Å². The third-order valence-electron chi connectivity index (χ3n) is 9.52. The lowest BCUT2D eigenvalue weighted by atomic mass is 10.0. The van der Waals surface area contributed by atoms with Crippen molar-refractivity contribution in [2.24, 2.45) is 17.8 Å². The Morgan fingerprint density at radius 3 is 1.09 bits per heavy atom. The molecule has 0 radical (unpaired) electrons. The average molecular weight is 625 g/mol. The Morgan fingerprint density at radius 1 is 0.477 bits per heavy atom. The van der Waals surface area contributed by atoms with E-state index in [1.165, 1.54) is 83.5 Å². The molecule has 7 nitrogen and oxygen atoms in total. The minimum atomic E-state index is -0.826. The maximum Gasteiger partial charge on any atom is 0.306 e. The highest BCUT2D eigenvalue weighted by atomic mass is 16.4. The number of aliphatic carboxylic acids is 3. The van der Waals surface area contributed by atoms with E-state index in [2.05, 4.69) is 19.1 Å². The Balaban J connectivity index is 4.44. The Kier molecular flexibility index (Phi) is 26.2. The molecule has 0 fully saturated rings. The van der Waals surface area contributed by atoms with Gasteiger partial charge in [0.25, 0.3) is 0 Å². The van der Waals surface area contributed by atoms with Crippen LogP contribution in [0.1, 0.15) is 163 Å². The molecule has 0 aliphatic carbocycles. The van der Waals surface area contributed by atoms with Crippen LogP contribution in [0.3, 0.4) is 0 Å². The zero-order valence-corrected chi connectivity index (χ0v) is 29.1. The zero-order chi connectivity index (χ0) is 33.1. The highest BCUT2D eigenvalue weighted by Gasteiger charge is 2.31. The first-order chi connectivity index (χ1) is 21.0. The molecule has 0 bridgehead atoms. The van der Waals surface area contributed by atoms with Crippen molar-refractivity contribution in [2.75, 3.05) is 26.2 Å². The third kappa shape index (κ3) is 23.5. The van der Waals surface area contributed by atoms with E-state index in [9.17, 15) is 29.7 Å². The number of rotatable bonds is 32. The van der Waals surface area contributed by atoms with Crippen molar-refractivity contribution < 1.29 is 34.2 Å². The first-order valence-electron chi connectivity index (χ1n) is 18.2. The van der Waals surface area contributed by atoms with E-state index in [-0.39, 0.29) is 0 Å². The Bertz CT molecular complexity index is 707. The van der Waals surface area contributed by atoms with Crippen LogP contribution in [0.2, 0.25) is 0 Å². The lowest BCUT2D eigenvalue weighted by Gasteiger charge is -2.40. The zero-order valence-electron chi connectivity index (χ0n) is 29.1. The number of carboxylic acid groups (broad SMARTS) is 3. The summed E-state index contributed by atoms with van der Waals surface area (Å²) in [6.45, 7) is 10.1. The normalized spacial score (nSPS) is 15.2. The van der Waals surface area contributed by atoms with Crippen LogP contribution in [-0.4, -0.2) is 63.9 Å². The van der Waals surface area contributed by atoms with Crippen molar-refractivity contribution in [2.45, 2.75) is 163 Å². The lowest BCUT2D eigenvalue weighted by Crippen LogP contribution is -2.52. The van der Waals surface area contributed by atoms with Gasteiger partial charge >= 0.3 is 17.9 Å². The number of hydrogen-bond acceptors (Lipinski definition) is 3. The predicted molar refractivity (Wildman–Crippen MR) is 182 cm³/mol. The van der Waals surface area contributed by atoms with Gasteiger partial charge in [-0.15, -0.1) is 0 Å². The topological polar surface area (TPSA) is 112 Å². The minimum Gasteiger partial charge on any atom is -0.481 e. The molecule has 0 rings (SSSR count). The monoisotopic (exact) mass is 625 g/mol. The number of carboxylic acids is 3. The molecule has 0 saturated carbocycles. The average Bonchev–Trinajstić information content (AvgIpc) is 2.99. The molecule has 7 heteroatoms. The van der Waals surface area contributed by atoms with Crippen molar-refractivity contribution in [1.82, 2.24) is 0 Å². The molecule has 44 heavy (non-hydrogen) atoms. The molecule has 3 unspecified atom stereocenters. The first kappa shape index (κ1) is 42.1. The fourth-order valence-corrected chi connectivity index (χ4v) is 5.85. The minimum absolute atomic E-state index is 0.483. The van der Waals surface area contributed by atoms with E-state index in [1.807, 2.05) is 0 Å². The molecule has 0 amide bonds. The molecule has 0 spiro atoms. The van der Waals surface area contributed by atoms with Gasteiger partial charge in [-0.1, -0.05) is 117 Å². The number of allylic oxidation sites excluding steroid dienone is 2. The molecule has 0 aromatic rings. The summed E-state index contributed by atoms with van der Waals surface area (Å²) in [6.07, 6.45) is 29.3. The predicted octanol–water partition coefficient (Wildman–Crippen LogP) is 9.73. The van der Waals surface area contributed by atoms with Gasteiger partial charge in [0.2, 0.25) is 0 Å². The van der Waals surface area contributed by atoms with Gasteiger partial charge in [0.1, 0.15) is 0 Å². The Hall–Kier alpha value is -1.89. The number of carbonyl (C=O) groups is 3. The van der Waals surface area contributed by atoms with Crippen LogP contribution in [0, 0.1) is 17.8 Å². The number of hydrogen-bond donors (Lipinski definition) is 3. The van der Waals surface area contributed by atoms with Gasteiger partial charge in [-0.25, -0.2) is 0 Å². The SMILES string of the molecule is CCCCCCCCCCCCCC/C=C/CCCCCC[N+](CCC(C)C(=O)O)(CCC(C)C(=O)O)CCC(C)C(=O)O. The summed E-state index contributed by atoms with van der Waals surface area (Å²) in [5.74, 6) is -3.93. The molecular formula is C37H70NO6+. The van der Waals surface area contributed by atoms with E-state index in [0.717, 1.165) is 38.6 Å². The summed E-state index contributed by atoms with van der Waals surface area (Å²) >= 11 is 0. The maximum absolute atomic E-state index is 11.5. The highest BCUT2D eigenvalue weighted by molar-refractivity contribution is 5.70. The van der Waals surface area contributed by atoms with Gasteiger partial charge in [0.05, 0.1) is 43.9 Å². The Morgan fingerprint density at radius 2 is 0.773 bits per heavy atom. The van der Waals surface area contributed by atoms with Gasteiger partial charge in [0, 0.05) is 19.3 Å². The van der Waals surface area contributed by atoms with Gasteiger partial charge in [-0.05, 0) is 38.5 Å². The molecule has 0 saturated heterocycles. The van der Waals surface area contributed by atoms with Crippen LogP contribution in [0.5, 0.6) is 0 Å². The van der Waals surface area contributed by atoms with Crippen molar-refractivity contribution in [3.63, 3.8) is 0 Å². The summed E-state index contributed by atoms with van der Waals surface area (Å²) in [5.41, 5.74) is 0. The van der Waals surface area contributed by atoms with Gasteiger partial charge in [-0.2, -0.15) is 0 Å². The fraction of sp³-hybridized carbons (Fsp3) is 0.865. The van der Waals surface area contributed by atoms with Gasteiger partial charge in [0.15, 0.2) is 0 Å². The van der Waals surface area contributed by atoms with Crippen LogP contribution in [0.25, 0.3) is 0 Å². The molecule has 0 aliphatic rings. The molecule has 0 heterocycles. The van der Waals surface area contributed by atoms with Crippen LogP contribution in [0.4, 0.5) is 0 Å². The van der Waals surface area contributed by atoms with E-state index >= 15 is 0 Å².